The second kappa shape index (κ2) is 10.8. The molecule has 0 fully saturated rings. The maximum Gasteiger partial charge on any atom is 0.323 e. The Morgan fingerprint density at radius 2 is 1.95 bits per heavy atom. The number of phenolic OH excluding ortho intramolecular Hbond substituents is 1. The van der Waals surface area contributed by atoms with Crippen molar-refractivity contribution in [2.45, 2.75) is 25.8 Å². The predicted octanol–water partition coefficient (Wildman–Crippen LogP) is 2.49. The first-order chi connectivity index (χ1) is 9.08. The fourth-order valence-electron chi connectivity index (χ4n) is 1.31. The molecule has 0 saturated heterocycles. The largest absolute Gasteiger partial charge is 0.508 e. The number of methoxy groups -OCH3 is 1. The first kappa shape index (κ1) is 17.9. The number of benzene rings is 1. The molecule has 0 aliphatic heterocycles. The Morgan fingerprint density at radius 1 is 1.42 bits per heavy atom. The molecule has 0 bridgehead atoms. The molecule has 0 heterocycles. The van der Waals surface area contributed by atoms with Crippen LogP contribution in [0.15, 0.2) is 24.3 Å². The predicted molar refractivity (Wildman–Crippen MR) is 80.8 cm³/mol. The first-order valence-corrected chi connectivity index (χ1v) is 7.30. The molecule has 1 rings (SSSR count). The maximum absolute atomic E-state index is 11.3. The van der Waals surface area contributed by atoms with Crippen LogP contribution >= 0.6 is 15.9 Å². The number of hydrogen-bond donors (Lipinski definition) is 2. The highest BCUT2D eigenvalue weighted by Gasteiger charge is 2.16. The lowest BCUT2D eigenvalue weighted by molar-refractivity contribution is -0.142. The van der Waals surface area contributed by atoms with Crippen LogP contribution in [-0.2, 0) is 16.0 Å². The van der Waals surface area contributed by atoms with E-state index in [0.29, 0.717) is 6.42 Å². The van der Waals surface area contributed by atoms with E-state index < -0.39 is 0 Å². The summed E-state index contributed by atoms with van der Waals surface area (Å²) in [4.78, 5) is 11.3. The van der Waals surface area contributed by atoms with Crippen LogP contribution in [0.25, 0.3) is 0 Å². The smallest absolute Gasteiger partial charge is 0.323 e. The van der Waals surface area contributed by atoms with E-state index in [0.717, 1.165) is 10.9 Å². The fraction of sp³-hybridized carbons (Fsp3) is 0.500. The zero-order chi connectivity index (χ0) is 14.7. The van der Waals surface area contributed by atoms with Crippen molar-refractivity contribution < 1.29 is 14.6 Å². The SMILES string of the molecule is CCCBr.CN[C@@H](Cc1ccc(O)cc1)C(=O)OC. The van der Waals surface area contributed by atoms with Crippen LogP contribution in [0.2, 0.25) is 0 Å². The van der Waals surface area contributed by atoms with E-state index in [2.05, 4.69) is 32.9 Å². The Morgan fingerprint density at radius 3 is 2.32 bits per heavy atom. The molecule has 0 amide bonds. The van der Waals surface area contributed by atoms with E-state index in [-0.39, 0.29) is 17.8 Å². The molecule has 2 N–H and O–H groups in total. The normalized spacial score (nSPS) is 11.2. The van der Waals surface area contributed by atoms with Gasteiger partial charge in [-0.3, -0.25) is 4.79 Å². The number of carbonyl (C=O) groups is 1. The number of ether oxygens (including phenoxy) is 1. The van der Waals surface area contributed by atoms with Gasteiger partial charge in [-0.25, -0.2) is 0 Å². The van der Waals surface area contributed by atoms with Crippen LogP contribution in [0.4, 0.5) is 0 Å². The number of likely N-dealkylation sites (N-methyl/N-ethyl adjacent to an activating group) is 1. The van der Waals surface area contributed by atoms with Crippen molar-refractivity contribution in [2.75, 3.05) is 19.5 Å². The average Bonchev–Trinajstić information content (AvgIpc) is 2.46. The Bertz CT molecular complexity index is 352. The molecule has 0 aliphatic carbocycles. The Kier molecular flexibility index (Phi) is 10.2. The van der Waals surface area contributed by atoms with Crippen molar-refractivity contribution in [3.8, 4) is 5.75 Å². The molecule has 5 heteroatoms. The minimum absolute atomic E-state index is 0.220. The van der Waals surface area contributed by atoms with Gasteiger partial charge in [0, 0.05) is 5.33 Å². The highest BCUT2D eigenvalue weighted by Crippen LogP contribution is 2.11. The third-order valence-electron chi connectivity index (χ3n) is 2.40. The quantitative estimate of drug-likeness (QED) is 0.642. The van der Waals surface area contributed by atoms with Gasteiger partial charge in [-0.05, 0) is 37.6 Å². The van der Waals surface area contributed by atoms with Crippen LogP contribution in [0.1, 0.15) is 18.9 Å². The van der Waals surface area contributed by atoms with Gasteiger partial charge in [0.15, 0.2) is 0 Å². The second-order valence-corrected chi connectivity index (χ2v) is 4.72. The van der Waals surface area contributed by atoms with Crippen molar-refractivity contribution in [3.63, 3.8) is 0 Å². The van der Waals surface area contributed by atoms with Crippen LogP contribution in [0, 0.1) is 0 Å². The van der Waals surface area contributed by atoms with E-state index >= 15 is 0 Å². The molecule has 1 aromatic carbocycles. The van der Waals surface area contributed by atoms with Gasteiger partial charge in [0.2, 0.25) is 0 Å². The second-order valence-electron chi connectivity index (χ2n) is 3.92. The summed E-state index contributed by atoms with van der Waals surface area (Å²) in [6, 6.07) is 6.41. The summed E-state index contributed by atoms with van der Waals surface area (Å²) in [7, 11) is 3.07. The van der Waals surface area contributed by atoms with Gasteiger partial charge in [-0.1, -0.05) is 35.0 Å². The molecule has 1 aromatic rings. The van der Waals surface area contributed by atoms with Gasteiger partial charge < -0.3 is 15.2 Å². The molecule has 19 heavy (non-hydrogen) atoms. The molecule has 4 nitrogen and oxygen atoms in total. The summed E-state index contributed by atoms with van der Waals surface area (Å²) in [6.07, 6.45) is 1.78. The molecule has 0 radical (unpaired) electrons. The summed E-state index contributed by atoms with van der Waals surface area (Å²) in [5.74, 6) is -0.0663. The number of carbonyl (C=O) groups excluding carboxylic acids is 1. The molecule has 0 spiro atoms. The molecule has 108 valence electrons. The third-order valence-corrected chi connectivity index (χ3v) is 3.19. The van der Waals surface area contributed by atoms with Gasteiger partial charge in [0.25, 0.3) is 0 Å². The summed E-state index contributed by atoms with van der Waals surface area (Å²) in [5, 5.41) is 13.1. The first-order valence-electron chi connectivity index (χ1n) is 6.17. The molecule has 0 aromatic heterocycles. The van der Waals surface area contributed by atoms with Crippen molar-refractivity contribution in [3.05, 3.63) is 29.8 Å². The number of halogens is 1. The van der Waals surface area contributed by atoms with E-state index in [1.54, 1.807) is 31.3 Å². The summed E-state index contributed by atoms with van der Waals surface area (Å²) in [6.45, 7) is 2.13. The van der Waals surface area contributed by atoms with Gasteiger partial charge in [-0.15, -0.1) is 0 Å². The Labute approximate surface area is 123 Å². The van der Waals surface area contributed by atoms with Crippen molar-refractivity contribution in [2.24, 2.45) is 0 Å². The Hall–Kier alpha value is -1.07. The van der Waals surface area contributed by atoms with Crippen LogP contribution in [0.3, 0.4) is 0 Å². The summed E-state index contributed by atoms with van der Waals surface area (Å²) in [5.41, 5.74) is 0.970. The Balaban J connectivity index is 0.000000711. The standard InChI is InChI=1S/C11H15NO3.C3H7Br/c1-12-10(11(14)15-2)7-8-3-5-9(13)6-4-8;1-2-3-4/h3-6,10,12-13H,7H2,1-2H3;2-3H2,1H3/t10-;/m0./s1. The number of rotatable bonds is 5. The number of hydrogen-bond acceptors (Lipinski definition) is 4. The van der Waals surface area contributed by atoms with E-state index in [1.807, 2.05) is 0 Å². The highest BCUT2D eigenvalue weighted by atomic mass is 79.9. The topological polar surface area (TPSA) is 58.6 Å². The minimum Gasteiger partial charge on any atom is -0.508 e. The average molecular weight is 332 g/mol. The number of phenols is 1. The summed E-state index contributed by atoms with van der Waals surface area (Å²) < 4.78 is 4.65. The lowest BCUT2D eigenvalue weighted by Gasteiger charge is -2.13. The van der Waals surface area contributed by atoms with Gasteiger partial charge in [-0.2, -0.15) is 0 Å². The van der Waals surface area contributed by atoms with E-state index in [4.69, 9.17) is 5.11 Å². The van der Waals surface area contributed by atoms with Crippen molar-refractivity contribution >= 4 is 21.9 Å². The summed E-state index contributed by atoms with van der Waals surface area (Å²) >= 11 is 3.25. The third kappa shape index (κ3) is 7.85. The van der Waals surface area contributed by atoms with Crippen molar-refractivity contribution in [1.29, 1.82) is 0 Å². The lowest BCUT2D eigenvalue weighted by atomic mass is 10.1. The minimum atomic E-state index is -0.348. The van der Waals surface area contributed by atoms with Crippen LogP contribution < -0.4 is 5.32 Å². The van der Waals surface area contributed by atoms with Gasteiger partial charge in [0.05, 0.1) is 7.11 Å². The number of esters is 1. The molecular weight excluding hydrogens is 310 g/mol. The zero-order valence-electron chi connectivity index (χ0n) is 11.6. The fourth-order valence-corrected chi connectivity index (χ4v) is 1.31. The zero-order valence-corrected chi connectivity index (χ0v) is 13.2. The van der Waals surface area contributed by atoms with E-state index in [9.17, 15) is 4.79 Å². The van der Waals surface area contributed by atoms with Crippen molar-refractivity contribution in [1.82, 2.24) is 5.32 Å². The van der Waals surface area contributed by atoms with Gasteiger partial charge in [0.1, 0.15) is 11.8 Å². The highest BCUT2D eigenvalue weighted by molar-refractivity contribution is 9.09. The molecule has 0 unspecified atom stereocenters. The monoisotopic (exact) mass is 331 g/mol. The number of nitrogens with one attached hydrogen (secondary N) is 1. The van der Waals surface area contributed by atoms with Crippen LogP contribution in [0.5, 0.6) is 5.75 Å². The molecule has 1 atom stereocenters. The maximum atomic E-state index is 11.3. The lowest BCUT2D eigenvalue weighted by Crippen LogP contribution is -2.36. The molecule has 0 aliphatic rings. The van der Waals surface area contributed by atoms with Crippen LogP contribution in [-0.4, -0.2) is 36.6 Å². The molecule has 0 saturated carbocycles. The number of aromatic hydroxyl groups is 1. The van der Waals surface area contributed by atoms with Gasteiger partial charge >= 0.3 is 5.97 Å². The number of alkyl halides is 1. The molecular formula is C14H22BrNO3. The van der Waals surface area contributed by atoms with E-state index in [1.165, 1.54) is 13.5 Å².